The zero-order valence-electron chi connectivity index (χ0n) is 10.9. The lowest BCUT2D eigenvalue weighted by molar-refractivity contribution is 0.580. The number of H-pyrrole nitrogens is 1. The molecule has 0 fully saturated rings. The van der Waals surface area contributed by atoms with Crippen LogP contribution in [0.15, 0.2) is 24.3 Å². The summed E-state index contributed by atoms with van der Waals surface area (Å²) in [6, 6.07) is 7.54. The molecule has 0 saturated heterocycles. The van der Waals surface area contributed by atoms with Gasteiger partial charge in [-0.25, -0.2) is 4.39 Å². The summed E-state index contributed by atoms with van der Waals surface area (Å²) < 4.78 is 13.5. The molecule has 3 nitrogen and oxygen atoms in total. The van der Waals surface area contributed by atoms with E-state index in [0.29, 0.717) is 11.6 Å². The van der Waals surface area contributed by atoms with Gasteiger partial charge < -0.3 is 5.32 Å². The lowest BCUT2D eigenvalue weighted by Gasteiger charge is -2.04. The molecule has 96 valence electrons. The molecule has 0 aliphatic rings. The summed E-state index contributed by atoms with van der Waals surface area (Å²) >= 11 is 0. The Morgan fingerprint density at radius 3 is 2.78 bits per heavy atom. The van der Waals surface area contributed by atoms with Crippen molar-refractivity contribution in [2.75, 3.05) is 0 Å². The third-order valence-corrected chi connectivity index (χ3v) is 2.80. The maximum atomic E-state index is 13.5. The van der Waals surface area contributed by atoms with Crippen LogP contribution in [0.5, 0.6) is 0 Å². The van der Waals surface area contributed by atoms with Crippen LogP contribution in [0.4, 0.5) is 4.39 Å². The Labute approximate surface area is 106 Å². The van der Waals surface area contributed by atoms with Gasteiger partial charge in [-0.15, -0.1) is 0 Å². The molecule has 0 radical (unpaired) electrons. The quantitative estimate of drug-likeness (QED) is 0.872. The largest absolute Gasteiger partial charge is 0.309 e. The van der Waals surface area contributed by atoms with Crippen molar-refractivity contribution in [3.05, 3.63) is 41.3 Å². The Balaban J connectivity index is 2.16. The van der Waals surface area contributed by atoms with E-state index < -0.39 is 0 Å². The number of nitrogens with one attached hydrogen (secondary N) is 2. The van der Waals surface area contributed by atoms with Crippen molar-refractivity contribution in [1.29, 1.82) is 0 Å². The summed E-state index contributed by atoms with van der Waals surface area (Å²) in [5.41, 5.74) is 3.22. The van der Waals surface area contributed by atoms with Gasteiger partial charge >= 0.3 is 0 Å². The van der Waals surface area contributed by atoms with Gasteiger partial charge in [0.05, 0.1) is 5.69 Å². The summed E-state index contributed by atoms with van der Waals surface area (Å²) in [7, 11) is 0. The van der Waals surface area contributed by atoms with Gasteiger partial charge in [-0.3, -0.25) is 5.10 Å². The van der Waals surface area contributed by atoms with Crippen molar-refractivity contribution < 1.29 is 4.39 Å². The van der Waals surface area contributed by atoms with Crippen LogP contribution < -0.4 is 5.32 Å². The van der Waals surface area contributed by atoms with Crippen molar-refractivity contribution >= 4 is 0 Å². The molecule has 1 aromatic carbocycles. The van der Waals surface area contributed by atoms with Gasteiger partial charge in [-0.05, 0) is 24.6 Å². The van der Waals surface area contributed by atoms with Gasteiger partial charge in [0.15, 0.2) is 0 Å². The molecular weight excluding hydrogens is 229 g/mol. The second-order valence-electron chi connectivity index (χ2n) is 4.78. The molecule has 18 heavy (non-hydrogen) atoms. The minimum absolute atomic E-state index is 0.197. The van der Waals surface area contributed by atoms with E-state index in [4.69, 9.17) is 0 Å². The van der Waals surface area contributed by atoms with E-state index in [1.54, 1.807) is 13.0 Å². The molecule has 1 heterocycles. The topological polar surface area (TPSA) is 40.7 Å². The molecule has 2 rings (SSSR count). The van der Waals surface area contributed by atoms with E-state index in [2.05, 4.69) is 29.4 Å². The SMILES string of the molecule is Cc1ccc(-c2cc(CNC(C)C)[nH]n2)cc1F. The van der Waals surface area contributed by atoms with E-state index in [1.807, 2.05) is 12.1 Å². The van der Waals surface area contributed by atoms with E-state index in [0.717, 1.165) is 23.5 Å². The van der Waals surface area contributed by atoms with Crippen LogP contribution in [0, 0.1) is 12.7 Å². The van der Waals surface area contributed by atoms with Gasteiger partial charge in [0, 0.05) is 23.8 Å². The number of aryl methyl sites for hydroxylation is 1. The van der Waals surface area contributed by atoms with Crippen molar-refractivity contribution in [3.63, 3.8) is 0 Å². The van der Waals surface area contributed by atoms with Crippen LogP contribution in [0.2, 0.25) is 0 Å². The number of aromatic nitrogens is 2. The summed E-state index contributed by atoms with van der Waals surface area (Å²) in [5.74, 6) is -0.197. The van der Waals surface area contributed by atoms with Crippen LogP contribution in [-0.2, 0) is 6.54 Å². The van der Waals surface area contributed by atoms with Gasteiger partial charge in [-0.2, -0.15) is 5.10 Å². The lowest BCUT2D eigenvalue weighted by Crippen LogP contribution is -2.21. The summed E-state index contributed by atoms with van der Waals surface area (Å²) in [6.45, 7) is 6.67. The first kappa shape index (κ1) is 12.8. The number of aromatic amines is 1. The molecule has 0 spiro atoms. The van der Waals surface area contributed by atoms with E-state index in [-0.39, 0.29) is 5.82 Å². The van der Waals surface area contributed by atoms with Gasteiger partial charge in [0.2, 0.25) is 0 Å². The Kier molecular flexibility index (Phi) is 3.77. The van der Waals surface area contributed by atoms with E-state index in [1.165, 1.54) is 6.07 Å². The standard InChI is InChI=1S/C14H18FN3/c1-9(2)16-8-12-7-14(18-17-12)11-5-4-10(3)13(15)6-11/h4-7,9,16H,8H2,1-3H3,(H,17,18). The Hall–Kier alpha value is -1.68. The zero-order valence-corrected chi connectivity index (χ0v) is 10.9. The van der Waals surface area contributed by atoms with Gasteiger partial charge in [-0.1, -0.05) is 26.0 Å². The average molecular weight is 247 g/mol. The second-order valence-corrected chi connectivity index (χ2v) is 4.78. The van der Waals surface area contributed by atoms with Gasteiger partial charge in [0.25, 0.3) is 0 Å². The van der Waals surface area contributed by atoms with Crippen LogP contribution in [0.3, 0.4) is 0 Å². The first-order valence-electron chi connectivity index (χ1n) is 6.10. The maximum absolute atomic E-state index is 13.5. The Morgan fingerprint density at radius 2 is 2.11 bits per heavy atom. The molecular formula is C14H18FN3. The number of benzene rings is 1. The minimum atomic E-state index is -0.197. The molecule has 0 unspecified atom stereocenters. The van der Waals surface area contributed by atoms with Crippen molar-refractivity contribution in [2.24, 2.45) is 0 Å². The molecule has 0 saturated carbocycles. The van der Waals surface area contributed by atoms with Crippen molar-refractivity contribution in [3.8, 4) is 11.3 Å². The first-order valence-corrected chi connectivity index (χ1v) is 6.10. The predicted octanol–water partition coefficient (Wildman–Crippen LogP) is 3.02. The molecule has 0 aliphatic heterocycles. The van der Waals surface area contributed by atoms with Crippen molar-refractivity contribution in [1.82, 2.24) is 15.5 Å². The van der Waals surface area contributed by atoms with E-state index >= 15 is 0 Å². The summed E-state index contributed by atoms with van der Waals surface area (Å²) in [5, 5.41) is 10.5. The van der Waals surface area contributed by atoms with Crippen molar-refractivity contribution in [2.45, 2.75) is 33.4 Å². The highest BCUT2D eigenvalue weighted by Crippen LogP contribution is 2.20. The summed E-state index contributed by atoms with van der Waals surface area (Å²) in [6.07, 6.45) is 0. The van der Waals surface area contributed by atoms with E-state index in [9.17, 15) is 4.39 Å². The van der Waals surface area contributed by atoms with Crippen LogP contribution >= 0.6 is 0 Å². The average Bonchev–Trinajstić information content (AvgIpc) is 2.79. The normalized spacial score (nSPS) is 11.2. The molecule has 4 heteroatoms. The molecule has 0 amide bonds. The predicted molar refractivity (Wildman–Crippen MR) is 70.7 cm³/mol. The highest BCUT2D eigenvalue weighted by Gasteiger charge is 2.06. The molecule has 2 aromatic rings. The lowest BCUT2D eigenvalue weighted by atomic mass is 10.1. The Bertz CT molecular complexity index is 532. The summed E-state index contributed by atoms with van der Waals surface area (Å²) in [4.78, 5) is 0. The molecule has 0 aliphatic carbocycles. The fraction of sp³-hybridized carbons (Fsp3) is 0.357. The number of rotatable bonds is 4. The smallest absolute Gasteiger partial charge is 0.126 e. The van der Waals surface area contributed by atoms with Crippen LogP contribution in [0.1, 0.15) is 25.1 Å². The van der Waals surface area contributed by atoms with Crippen LogP contribution in [0.25, 0.3) is 11.3 Å². The second kappa shape index (κ2) is 5.31. The zero-order chi connectivity index (χ0) is 13.1. The molecule has 2 N–H and O–H groups in total. The highest BCUT2D eigenvalue weighted by molar-refractivity contribution is 5.59. The number of nitrogens with zero attached hydrogens (tertiary/aromatic N) is 1. The Morgan fingerprint density at radius 1 is 1.33 bits per heavy atom. The fourth-order valence-electron chi connectivity index (χ4n) is 1.67. The highest BCUT2D eigenvalue weighted by atomic mass is 19.1. The minimum Gasteiger partial charge on any atom is -0.309 e. The fourth-order valence-corrected chi connectivity index (χ4v) is 1.67. The van der Waals surface area contributed by atoms with Crippen LogP contribution in [-0.4, -0.2) is 16.2 Å². The molecule has 0 atom stereocenters. The molecule has 0 bridgehead atoms. The number of halogens is 1. The maximum Gasteiger partial charge on any atom is 0.126 e. The number of hydrogen-bond acceptors (Lipinski definition) is 2. The first-order chi connectivity index (χ1) is 8.56. The number of hydrogen-bond donors (Lipinski definition) is 2. The van der Waals surface area contributed by atoms with Gasteiger partial charge in [0.1, 0.15) is 5.82 Å². The monoisotopic (exact) mass is 247 g/mol. The third kappa shape index (κ3) is 2.96. The third-order valence-electron chi connectivity index (χ3n) is 2.80. The molecule has 1 aromatic heterocycles.